The van der Waals surface area contributed by atoms with E-state index < -0.39 is 11.7 Å². The van der Waals surface area contributed by atoms with Crippen LogP contribution >= 0.6 is 11.8 Å². The Bertz CT molecular complexity index is 686. The quantitative estimate of drug-likeness (QED) is 0.545. The highest BCUT2D eigenvalue weighted by molar-refractivity contribution is 7.99. The number of thioether (sulfide) groups is 1. The second-order valence-corrected chi connectivity index (χ2v) is 7.36. The van der Waals surface area contributed by atoms with Gasteiger partial charge in [0.2, 0.25) is 0 Å². The standard InChI is InChI=1S/C19H22F3N3S/c20-19(21,22)16-5-3-6-17(15-16)25-12-10-24(11-13-25)9-4-14-26-18-7-1-2-8-23-18/h1-3,5-8,15H,4,9-14H2. The molecule has 3 nitrogen and oxygen atoms in total. The minimum absolute atomic E-state index is 0.580. The van der Waals surface area contributed by atoms with Crippen molar-refractivity contribution in [3.05, 3.63) is 54.2 Å². The number of aromatic nitrogens is 1. The van der Waals surface area contributed by atoms with Crippen LogP contribution in [0.3, 0.4) is 0 Å². The van der Waals surface area contributed by atoms with E-state index in [1.165, 1.54) is 12.1 Å². The van der Waals surface area contributed by atoms with Gasteiger partial charge in [-0.2, -0.15) is 13.2 Å². The molecule has 1 fully saturated rings. The Balaban J connectivity index is 1.42. The summed E-state index contributed by atoms with van der Waals surface area (Å²) in [6.07, 6.45) is -1.41. The van der Waals surface area contributed by atoms with Crippen molar-refractivity contribution in [1.82, 2.24) is 9.88 Å². The summed E-state index contributed by atoms with van der Waals surface area (Å²) < 4.78 is 38.6. The molecule has 1 aliphatic rings. The van der Waals surface area contributed by atoms with E-state index in [0.29, 0.717) is 5.69 Å². The zero-order chi connectivity index (χ0) is 18.4. The minimum Gasteiger partial charge on any atom is -0.369 e. The van der Waals surface area contributed by atoms with Gasteiger partial charge in [0.05, 0.1) is 10.6 Å². The monoisotopic (exact) mass is 381 g/mol. The number of pyridine rings is 1. The molecule has 1 saturated heterocycles. The maximum absolute atomic E-state index is 12.9. The number of anilines is 1. The smallest absolute Gasteiger partial charge is 0.369 e. The third-order valence-electron chi connectivity index (χ3n) is 4.42. The zero-order valence-electron chi connectivity index (χ0n) is 14.5. The van der Waals surface area contributed by atoms with Crippen LogP contribution in [0.4, 0.5) is 18.9 Å². The van der Waals surface area contributed by atoms with Gasteiger partial charge in [-0.25, -0.2) is 4.98 Å². The largest absolute Gasteiger partial charge is 0.416 e. The van der Waals surface area contributed by atoms with Crippen LogP contribution < -0.4 is 4.90 Å². The van der Waals surface area contributed by atoms with Gasteiger partial charge in [-0.05, 0) is 43.3 Å². The molecule has 1 aromatic carbocycles. The van der Waals surface area contributed by atoms with Gasteiger partial charge in [0, 0.05) is 43.8 Å². The van der Waals surface area contributed by atoms with Crippen molar-refractivity contribution < 1.29 is 13.2 Å². The lowest BCUT2D eigenvalue weighted by Gasteiger charge is -2.36. The van der Waals surface area contributed by atoms with Crippen LogP contribution in [0, 0.1) is 0 Å². The molecule has 1 aromatic heterocycles. The van der Waals surface area contributed by atoms with Gasteiger partial charge in [0.25, 0.3) is 0 Å². The van der Waals surface area contributed by atoms with E-state index in [1.54, 1.807) is 24.0 Å². The number of rotatable bonds is 6. The maximum atomic E-state index is 12.9. The van der Waals surface area contributed by atoms with Gasteiger partial charge in [0.15, 0.2) is 0 Å². The Morgan fingerprint density at radius 1 is 1.00 bits per heavy atom. The van der Waals surface area contributed by atoms with E-state index >= 15 is 0 Å². The van der Waals surface area contributed by atoms with Crippen LogP contribution in [0.5, 0.6) is 0 Å². The van der Waals surface area contributed by atoms with Crippen LogP contribution in [0.25, 0.3) is 0 Å². The molecule has 0 unspecified atom stereocenters. The first kappa shape index (κ1) is 19.0. The zero-order valence-corrected chi connectivity index (χ0v) is 15.3. The summed E-state index contributed by atoms with van der Waals surface area (Å²) in [7, 11) is 0. The molecule has 7 heteroatoms. The highest BCUT2D eigenvalue weighted by Crippen LogP contribution is 2.31. The van der Waals surface area contributed by atoms with Gasteiger partial charge < -0.3 is 4.90 Å². The summed E-state index contributed by atoms with van der Waals surface area (Å²) >= 11 is 1.76. The second-order valence-electron chi connectivity index (χ2n) is 6.25. The van der Waals surface area contributed by atoms with Gasteiger partial charge in [0.1, 0.15) is 0 Å². The molecule has 140 valence electrons. The van der Waals surface area contributed by atoms with Gasteiger partial charge in [-0.3, -0.25) is 4.90 Å². The molecule has 1 aliphatic heterocycles. The summed E-state index contributed by atoms with van der Waals surface area (Å²) in [6, 6.07) is 11.5. The van der Waals surface area contributed by atoms with Crippen molar-refractivity contribution in [2.75, 3.05) is 43.4 Å². The van der Waals surface area contributed by atoms with Crippen molar-refractivity contribution in [2.24, 2.45) is 0 Å². The number of hydrogen-bond acceptors (Lipinski definition) is 4. The molecule has 0 saturated carbocycles. The summed E-state index contributed by atoms with van der Waals surface area (Å²) in [5.74, 6) is 1.02. The topological polar surface area (TPSA) is 19.4 Å². The Kier molecular flexibility index (Phi) is 6.43. The summed E-state index contributed by atoms with van der Waals surface area (Å²) in [5, 5.41) is 1.04. The third-order valence-corrected chi connectivity index (χ3v) is 5.45. The molecule has 2 heterocycles. The Morgan fingerprint density at radius 3 is 2.50 bits per heavy atom. The van der Waals surface area contributed by atoms with Gasteiger partial charge in [-0.15, -0.1) is 11.8 Å². The van der Waals surface area contributed by atoms with Crippen LogP contribution in [-0.2, 0) is 6.18 Å². The van der Waals surface area contributed by atoms with E-state index in [4.69, 9.17) is 0 Å². The molecule has 2 aromatic rings. The Labute approximate surface area is 156 Å². The first-order valence-electron chi connectivity index (χ1n) is 8.71. The van der Waals surface area contributed by atoms with E-state index in [-0.39, 0.29) is 0 Å². The number of alkyl halides is 3. The number of hydrogen-bond donors (Lipinski definition) is 0. The average Bonchev–Trinajstić information content (AvgIpc) is 2.66. The fourth-order valence-corrected chi connectivity index (χ4v) is 3.80. The molecular formula is C19H22F3N3S. The summed E-state index contributed by atoms with van der Waals surface area (Å²) in [6.45, 7) is 4.29. The number of benzene rings is 1. The van der Waals surface area contributed by atoms with E-state index in [1.807, 2.05) is 23.1 Å². The fourth-order valence-electron chi connectivity index (χ4n) is 3.01. The lowest BCUT2D eigenvalue weighted by Crippen LogP contribution is -2.46. The molecule has 3 rings (SSSR count). The van der Waals surface area contributed by atoms with E-state index in [2.05, 4.69) is 9.88 Å². The Hall–Kier alpha value is -1.73. The molecule has 0 bridgehead atoms. The first-order chi connectivity index (χ1) is 12.5. The molecule has 0 atom stereocenters. The minimum atomic E-state index is -4.29. The van der Waals surface area contributed by atoms with Crippen molar-refractivity contribution in [3.8, 4) is 0 Å². The summed E-state index contributed by atoms with van der Waals surface area (Å²) in [4.78, 5) is 8.71. The van der Waals surface area contributed by atoms with E-state index in [9.17, 15) is 13.2 Å². The first-order valence-corrected chi connectivity index (χ1v) is 9.69. The van der Waals surface area contributed by atoms with Gasteiger partial charge >= 0.3 is 6.18 Å². The predicted octanol–water partition coefficient (Wildman–Crippen LogP) is 4.40. The summed E-state index contributed by atoms with van der Waals surface area (Å²) in [5.41, 5.74) is 0.0779. The van der Waals surface area contributed by atoms with Gasteiger partial charge in [-0.1, -0.05) is 12.1 Å². The lowest BCUT2D eigenvalue weighted by molar-refractivity contribution is -0.137. The van der Waals surface area contributed by atoms with Crippen molar-refractivity contribution in [1.29, 1.82) is 0 Å². The second kappa shape index (κ2) is 8.77. The molecular weight excluding hydrogens is 359 g/mol. The van der Waals surface area contributed by atoms with Crippen LogP contribution in [0.2, 0.25) is 0 Å². The van der Waals surface area contributed by atoms with Crippen molar-refractivity contribution in [2.45, 2.75) is 17.6 Å². The third kappa shape index (κ3) is 5.38. The highest BCUT2D eigenvalue weighted by Gasteiger charge is 2.31. The number of piperazine rings is 1. The molecule has 0 radical (unpaired) electrons. The number of halogens is 3. The SMILES string of the molecule is FC(F)(F)c1cccc(N2CCN(CCCSc3ccccn3)CC2)c1. The molecule has 0 N–H and O–H groups in total. The van der Waals surface area contributed by atoms with Crippen LogP contribution in [0.15, 0.2) is 53.7 Å². The maximum Gasteiger partial charge on any atom is 0.416 e. The normalized spacial score (nSPS) is 16.0. The van der Waals surface area contributed by atoms with Crippen molar-refractivity contribution in [3.63, 3.8) is 0 Å². The molecule has 0 spiro atoms. The Morgan fingerprint density at radius 2 is 1.81 bits per heavy atom. The molecule has 26 heavy (non-hydrogen) atoms. The number of nitrogens with zero attached hydrogens (tertiary/aromatic N) is 3. The molecule has 0 aliphatic carbocycles. The highest BCUT2D eigenvalue weighted by atomic mass is 32.2. The van der Waals surface area contributed by atoms with E-state index in [0.717, 1.165) is 56.0 Å². The fraction of sp³-hybridized carbons (Fsp3) is 0.421. The van der Waals surface area contributed by atoms with Crippen LogP contribution in [-0.4, -0.2) is 48.4 Å². The van der Waals surface area contributed by atoms with Crippen molar-refractivity contribution >= 4 is 17.4 Å². The molecule has 0 amide bonds. The predicted molar refractivity (Wildman–Crippen MR) is 99.7 cm³/mol. The van der Waals surface area contributed by atoms with Crippen LogP contribution in [0.1, 0.15) is 12.0 Å². The average molecular weight is 381 g/mol. The lowest BCUT2D eigenvalue weighted by atomic mass is 10.1.